The van der Waals surface area contributed by atoms with Gasteiger partial charge in [0.2, 0.25) is 0 Å². The normalized spacial score (nSPS) is 15.0. The molecule has 8 aromatic rings. The molecule has 2 aliphatic rings. The molecule has 10 rings (SSSR count). The zero-order chi connectivity index (χ0) is 40.5. The van der Waals surface area contributed by atoms with Crippen molar-refractivity contribution in [2.24, 2.45) is 5.73 Å². The molecule has 59 heavy (non-hydrogen) atoms. The number of nitrogens with two attached hydrogens (primary N) is 1. The van der Waals surface area contributed by atoms with Crippen molar-refractivity contribution in [3.63, 3.8) is 0 Å². The molecule has 0 bridgehead atoms. The smallest absolute Gasteiger partial charge is 0.0973 e. The molecule has 0 amide bonds. The average molecular weight is 762 g/mol. The largest absolute Gasteiger partial charge is 0.405 e. The number of hydrogen-bond donors (Lipinski definition) is 1. The van der Waals surface area contributed by atoms with E-state index < -0.39 is 0 Å². The van der Waals surface area contributed by atoms with Gasteiger partial charge in [0, 0.05) is 22.0 Å². The third kappa shape index (κ3) is 5.95. The van der Waals surface area contributed by atoms with E-state index in [1.807, 2.05) is 12.2 Å². The second-order valence-electron chi connectivity index (χ2n) is 17.2. The van der Waals surface area contributed by atoms with Gasteiger partial charge in [-0.2, -0.15) is 0 Å². The van der Waals surface area contributed by atoms with Gasteiger partial charge in [-0.05, 0) is 115 Å². The molecular weight excluding hydrogens is 715 g/mol. The molecule has 3 nitrogen and oxygen atoms in total. The van der Waals surface area contributed by atoms with Crippen molar-refractivity contribution >= 4 is 11.0 Å². The molecular formula is C56H47N3. The van der Waals surface area contributed by atoms with E-state index in [0.717, 1.165) is 44.7 Å². The Morgan fingerprint density at radius 3 is 1.39 bits per heavy atom. The van der Waals surface area contributed by atoms with Gasteiger partial charge in [0.25, 0.3) is 0 Å². The summed E-state index contributed by atoms with van der Waals surface area (Å²) in [6, 6.07) is 55.6. The quantitative estimate of drug-likeness (QED) is 0.165. The van der Waals surface area contributed by atoms with Gasteiger partial charge < -0.3 is 5.73 Å². The van der Waals surface area contributed by atoms with Gasteiger partial charge in [0.15, 0.2) is 0 Å². The number of fused-ring (bicyclic) bond motifs is 7. The molecule has 0 radical (unpaired) electrons. The van der Waals surface area contributed by atoms with Crippen LogP contribution in [0.15, 0.2) is 176 Å². The highest BCUT2D eigenvalue weighted by molar-refractivity contribution is 5.98. The highest BCUT2D eigenvalue weighted by atomic mass is 14.8. The van der Waals surface area contributed by atoms with E-state index >= 15 is 0 Å². The van der Waals surface area contributed by atoms with E-state index in [4.69, 9.17) is 15.7 Å². The maximum Gasteiger partial charge on any atom is 0.0973 e. The topological polar surface area (TPSA) is 51.8 Å². The van der Waals surface area contributed by atoms with E-state index in [0.29, 0.717) is 0 Å². The number of rotatable bonds is 7. The van der Waals surface area contributed by atoms with Gasteiger partial charge in [-0.15, -0.1) is 0 Å². The van der Waals surface area contributed by atoms with Crippen LogP contribution < -0.4 is 5.73 Å². The Kier molecular flexibility index (Phi) is 8.61. The summed E-state index contributed by atoms with van der Waals surface area (Å²) in [6.07, 6.45) is 7.56. The van der Waals surface area contributed by atoms with Gasteiger partial charge in [0.05, 0.1) is 22.4 Å². The summed E-state index contributed by atoms with van der Waals surface area (Å²) in [7, 11) is 0. The van der Waals surface area contributed by atoms with Crippen LogP contribution in [0.4, 0.5) is 0 Å². The number of aromatic nitrogens is 2. The summed E-state index contributed by atoms with van der Waals surface area (Å²) in [5, 5.41) is 0. The lowest BCUT2D eigenvalue weighted by molar-refractivity contribution is 0.660. The molecule has 286 valence electrons. The lowest BCUT2D eigenvalue weighted by Crippen LogP contribution is -2.15. The highest BCUT2D eigenvalue weighted by Crippen LogP contribution is 2.52. The van der Waals surface area contributed by atoms with Gasteiger partial charge in [-0.25, -0.2) is 9.97 Å². The van der Waals surface area contributed by atoms with Crippen molar-refractivity contribution in [3.8, 4) is 67.0 Å². The fourth-order valence-electron chi connectivity index (χ4n) is 9.67. The van der Waals surface area contributed by atoms with Crippen LogP contribution in [0.5, 0.6) is 0 Å². The van der Waals surface area contributed by atoms with Crippen molar-refractivity contribution in [1.82, 2.24) is 9.97 Å². The maximum atomic E-state index is 5.57. The number of benzene rings is 7. The van der Waals surface area contributed by atoms with Crippen molar-refractivity contribution in [2.75, 3.05) is 0 Å². The van der Waals surface area contributed by atoms with Crippen molar-refractivity contribution in [3.05, 3.63) is 204 Å². The number of nitrogens with zero attached hydrogens (tertiary/aromatic N) is 2. The van der Waals surface area contributed by atoms with Crippen LogP contribution in [-0.2, 0) is 10.8 Å². The predicted molar refractivity (Wildman–Crippen MR) is 247 cm³/mol. The van der Waals surface area contributed by atoms with Crippen molar-refractivity contribution < 1.29 is 0 Å². The molecule has 1 aromatic heterocycles. The molecule has 1 atom stereocenters. The van der Waals surface area contributed by atoms with E-state index in [9.17, 15) is 0 Å². The van der Waals surface area contributed by atoms with Crippen LogP contribution >= 0.6 is 0 Å². The fourth-order valence-corrected chi connectivity index (χ4v) is 9.67. The van der Waals surface area contributed by atoms with Crippen molar-refractivity contribution in [2.45, 2.75) is 51.4 Å². The Hall–Kier alpha value is -6.84. The monoisotopic (exact) mass is 761 g/mol. The molecule has 0 saturated heterocycles. The summed E-state index contributed by atoms with van der Waals surface area (Å²) in [6.45, 7) is 11.6. The number of hydrogen-bond acceptors (Lipinski definition) is 3. The first-order valence-electron chi connectivity index (χ1n) is 20.7. The standard InChI is InChI=1S/C56H47N3/c1-35(15-13-14-30-57)36-22-24-38(25-23-36)54-53(37-16-7-6-8-17-37)58-51-33-45(39-26-28-43-41-18-9-11-20-47(41)55(2,3)49(43)31-39)46(34-52(51)59-54)40-27-29-44-42-19-10-12-21-48(42)56(4,5)50(44)32-40/h6-35H,57H2,1-5H3/b15-13-,30-14-. The van der Waals surface area contributed by atoms with E-state index in [-0.39, 0.29) is 16.7 Å². The zero-order valence-corrected chi connectivity index (χ0v) is 34.3. The third-order valence-corrected chi connectivity index (χ3v) is 13.0. The summed E-state index contributed by atoms with van der Waals surface area (Å²) in [5.74, 6) is 0.238. The minimum Gasteiger partial charge on any atom is -0.405 e. The number of allylic oxidation sites excluding steroid dienone is 3. The lowest BCUT2D eigenvalue weighted by atomic mass is 9.80. The molecule has 7 aromatic carbocycles. The van der Waals surface area contributed by atoms with Crippen LogP contribution in [0.25, 0.3) is 78.1 Å². The van der Waals surface area contributed by atoms with Crippen LogP contribution in [0.1, 0.15) is 68.4 Å². The van der Waals surface area contributed by atoms with E-state index in [1.165, 1.54) is 61.2 Å². The van der Waals surface area contributed by atoms with Gasteiger partial charge >= 0.3 is 0 Å². The van der Waals surface area contributed by atoms with Gasteiger partial charge in [-0.1, -0.05) is 174 Å². The molecule has 2 N–H and O–H groups in total. The van der Waals surface area contributed by atoms with E-state index in [2.05, 4.69) is 192 Å². The first kappa shape index (κ1) is 36.5. The third-order valence-electron chi connectivity index (χ3n) is 13.0. The Bertz CT molecular complexity index is 3000. The molecule has 0 spiro atoms. The second-order valence-corrected chi connectivity index (χ2v) is 17.2. The van der Waals surface area contributed by atoms with Gasteiger partial charge in [-0.3, -0.25) is 0 Å². The SMILES string of the molecule is CC(/C=C\C=C/N)c1ccc(-c2nc3cc(-c4ccc5c(c4)C(C)(C)c4ccccc4-5)c(-c4ccc5c(c4)C(C)(C)c4ccccc4-5)cc3nc2-c2ccccc2)cc1. The summed E-state index contributed by atoms with van der Waals surface area (Å²) in [4.78, 5) is 11.0. The van der Waals surface area contributed by atoms with Crippen LogP contribution in [0.3, 0.4) is 0 Å². The Morgan fingerprint density at radius 1 is 0.441 bits per heavy atom. The zero-order valence-electron chi connectivity index (χ0n) is 34.3. The maximum absolute atomic E-state index is 5.57. The van der Waals surface area contributed by atoms with Crippen LogP contribution in [-0.4, -0.2) is 9.97 Å². The summed E-state index contributed by atoms with van der Waals surface area (Å²) < 4.78 is 0. The van der Waals surface area contributed by atoms with E-state index in [1.54, 1.807) is 6.20 Å². The summed E-state index contributed by atoms with van der Waals surface area (Å²) in [5.41, 5.74) is 27.5. The molecule has 0 aliphatic heterocycles. The molecule has 0 saturated carbocycles. The Labute approximate surface area is 347 Å². The highest BCUT2D eigenvalue weighted by Gasteiger charge is 2.37. The molecule has 3 heteroatoms. The first-order valence-corrected chi connectivity index (χ1v) is 20.7. The minimum absolute atomic E-state index is 0.122. The Balaban J connectivity index is 1.19. The second kappa shape index (κ2) is 13.9. The van der Waals surface area contributed by atoms with Crippen LogP contribution in [0.2, 0.25) is 0 Å². The van der Waals surface area contributed by atoms with Gasteiger partial charge in [0.1, 0.15) is 0 Å². The molecule has 1 unspecified atom stereocenters. The fraction of sp³-hybridized carbons (Fsp3) is 0.143. The molecule has 1 heterocycles. The molecule has 2 aliphatic carbocycles. The molecule has 0 fully saturated rings. The first-order chi connectivity index (χ1) is 28.6. The lowest BCUT2D eigenvalue weighted by Gasteiger charge is -2.23. The average Bonchev–Trinajstić information content (AvgIpc) is 3.64. The van der Waals surface area contributed by atoms with Crippen LogP contribution in [0, 0.1) is 0 Å². The summed E-state index contributed by atoms with van der Waals surface area (Å²) >= 11 is 0. The minimum atomic E-state index is -0.125. The van der Waals surface area contributed by atoms with Crippen molar-refractivity contribution in [1.29, 1.82) is 0 Å². The predicted octanol–water partition coefficient (Wildman–Crippen LogP) is 14.0. The Morgan fingerprint density at radius 2 is 0.881 bits per heavy atom.